The first-order chi connectivity index (χ1) is 11.5. The highest BCUT2D eigenvalue weighted by molar-refractivity contribution is 6.02. The van der Waals surface area contributed by atoms with Crippen molar-refractivity contribution >= 4 is 11.5 Å². The summed E-state index contributed by atoms with van der Waals surface area (Å²) in [5.41, 5.74) is -0.479. The van der Waals surface area contributed by atoms with Gasteiger partial charge in [0.15, 0.2) is 11.2 Å². The van der Waals surface area contributed by atoms with Gasteiger partial charge in [-0.05, 0) is 5.56 Å². The number of carbonyl (C=O) groups is 1. The second kappa shape index (κ2) is 5.60. The van der Waals surface area contributed by atoms with E-state index in [1.54, 1.807) is 30.3 Å². The Balaban J connectivity index is 1.98. The normalized spacial score (nSPS) is 20.4. The second-order valence-electron chi connectivity index (χ2n) is 5.63. The zero-order chi connectivity index (χ0) is 17.3. The number of rotatable bonds is 4. The van der Waals surface area contributed by atoms with Gasteiger partial charge in [-0.2, -0.15) is 10.5 Å². The topological polar surface area (TPSA) is 108 Å². The van der Waals surface area contributed by atoms with Gasteiger partial charge < -0.3 is 0 Å². The molecule has 1 saturated carbocycles. The number of benzene rings is 2. The van der Waals surface area contributed by atoms with Crippen molar-refractivity contribution in [3.63, 3.8) is 0 Å². The summed E-state index contributed by atoms with van der Waals surface area (Å²) in [7, 11) is 0. The first-order valence-electron chi connectivity index (χ1n) is 7.21. The predicted octanol–water partition coefficient (Wildman–Crippen LogP) is 3.22. The van der Waals surface area contributed by atoms with Crippen molar-refractivity contribution in [1.29, 1.82) is 10.5 Å². The lowest BCUT2D eigenvalue weighted by atomic mass is 10.0. The highest BCUT2D eigenvalue weighted by Crippen LogP contribution is 2.65. The third-order valence-corrected chi connectivity index (χ3v) is 4.38. The van der Waals surface area contributed by atoms with Crippen molar-refractivity contribution in [3.05, 3.63) is 75.8 Å². The highest BCUT2D eigenvalue weighted by Gasteiger charge is 2.70. The van der Waals surface area contributed by atoms with Crippen LogP contribution in [0.4, 0.5) is 5.69 Å². The van der Waals surface area contributed by atoms with Gasteiger partial charge in [-0.25, -0.2) is 0 Å². The average molecular weight is 317 g/mol. The van der Waals surface area contributed by atoms with Crippen LogP contribution in [0.1, 0.15) is 21.8 Å². The summed E-state index contributed by atoms with van der Waals surface area (Å²) >= 11 is 0. The lowest BCUT2D eigenvalue weighted by molar-refractivity contribution is -0.384. The number of nitro groups is 1. The maximum absolute atomic E-state index is 12.7. The molecule has 1 fully saturated rings. The van der Waals surface area contributed by atoms with Gasteiger partial charge in [-0.1, -0.05) is 42.5 Å². The molecule has 24 heavy (non-hydrogen) atoms. The number of hydrogen-bond acceptors (Lipinski definition) is 5. The standard InChI is InChI=1S/C18H11N3O3/c19-10-18(11-20)15(12-6-8-14(9-7-12)21(23)24)16(18)17(22)13-4-2-1-3-5-13/h1-9,15-16H/t15-,16-/m0/s1. The molecule has 2 aromatic rings. The van der Waals surface area contributed by atoms with E-state index >= 15 is 0 Å². The molecule has 6 nitrogen and oxygen atoms in total. The van der Waals surface area contributed by atoms with E-state index in [-0.39, 0.29) is 11.5 Å². The lowest BCUT2D eigenvalue weighted by Crippen LogP contribution is -2.08. The number of Topliss-reactive ketones (excluding diaryl/α,β-unsaturated/α-hetero) is 1. The SMILES string of the molecule is N#CC1(C#N)[C@H](C(=O)c2ccccc2)[C@@H]1c1ccc([N+](=O)[O-])cc1. The lowest BCUT2D eigenvalue weighted by Gasteiger charge is -2.00. The Morgan fingerprint density at radius 2 is 1.62 bits per heavy atom. The first-order valence-corrected chi connectivity index (χ1v) is 7.21. The highest BCUT2D eigenvalue weighted by atomic mass is 16.6. The van der Waals surface area contributed by atoms with Crippen molar-refractivity contribution in [1.82, 2.24) is 0 Å². The van der Waals surface area contributed by atoms with Gasteiger partial charge in [-0.15, -0.1) is 0 Å². The Kier molecular flexibility index (Phi) is 3.59. The number of ketones is 1. The molecule has 116 valence electrons. The van der Waals surface area contributed by atoms with E-state index in [4.69, 9.17) is 0 Å². The molecule has 0 radical (unpaired) electrons. The van der Waals surface area contributed by atoms with Crippen LogP contribution in [0.5, 0.6) is 0 Å². The van der Waals surface area contributed by atoms with Gasteiger partial charge in [0.1, 0.15) is 0 Å². The van der Waals surface area contributed by atoms with Crippen LogP contribution in [0.3, 0.4) is 0 Å². The molecular weight excluding hydrogens is 306 g/mol. The quantitative estimate of drug-likeness (QED) is 0.488. The molecule has 0 saturated heterocycles. The predicted molar refractivity (Wildman–Crippen MR) is 83.8 cm³/mol. The van der Waals surface area contributed by atoms with Gasteiger partial charge in [0, 0.05) is 23.6 Å². The molecule has 0 amide bonds. The summed E-state index contributed by atoms with van der Waals surface area (Å²) in [6.07, 6.45) is 0. The van der Waals surface area contributed by atoms with Crippen LogP contribution in [0.15, 0.2) is 54.6 Å². The van der Waals surface area contributed by atoms with Crippen LogP contribution in [-0.4, -0.2) is 10.7 Å². The molecule has 6 heteroatoms. The number of nitriles is 2. The van der Waals surface area contributed by atoms with E-state index in [1.165, 1.54) is 24.3 Å². The van der Waals surface area contributed by atoms with Crippen molar-refractivity contribution in [2.45, 2.75) is 5.92 Å². The zero-order valence-electron chi connectivity index (χ0n) is 12.4. The Hall–Kier alpha value is -3.51. The van der Waals surface area contributed by atoms with E-state index < -0.39 is 22.2 Å². The van der Waals surface area contributed by atoms with Crippen LogP contribution in [0.2, 0.25) is 0 Å². The summed E-state index contributed by atoms with van der Waals surface area (Å²) in [4.78, 5) is 22.9. The monoisotopic (exact) mass is 317 g/mol. The van der Waals surface area contributed by atoms with Gasteiger partial charge in [-0.3, -0.25) is 14.9 Å². The Bertz CT molecular complexity index is 878. The molecular formula is C18H11N3O3. The molecule has 2 atom stereocenters. The molecule has 1 aliphatic carbocycles. The third kappa shape index (κ3) is 2.22. The van der Waals surface area contributed by atoms with Crippen LogP contribution in [-0.2, 0) is 0 Å². The van der Waals surface area contributed by atoms with E-state index in [0.717, 1.165) is 0 Å². The molecule has 3 rings (SSSR count). The van der Waals surface area contributed by atoms with E-state index in [9.17, 15) is 25.4 Å². The van der Waals surface area contributed by atoms with Crippen LogP contribution in [0.25, 0.3) is 0 Å². The fourth-order valence-electron chi connectivity index (χ4n) is 3.09. The fraction of sp³-hybridized carbons (Fsp3) is 0.167. The summed E-state index contributed by atoms with van der Waals surface area (Å²) in [5.74, 6) is -1.61. The maximum Gasteiger partial charge on any atom is 0.269 e. The smallest absolute Gasteiger partial charge is 0.269 e. The van der Waals surface area contributed by atoms with E-state index in [1.807, 2.05) is 12.1 Å². The molecule has 0 aliphatic heterocycles. The van der Waals surface area contributed by atoms with Crippen molar-refractivity contribution in [3.8, 4) is 12.1 Å². The molecule has 2 aromatic carbocycles. The van der Waals surface area contributed by atoms with Crippen LogP contribution >= 0.6 is 0 Å². The van der Waals surface area contributed by atoms with E-state index in [2.05, 4.69) is 0 Å². The maximum atomic E-state index is 12.7. The Labute approximate surface area is 137 Å². The zero-order valence-corrected chi connectivity index (χ0v) is 12.4. The van der Waals surface area contributed by atoms with Gasteiger partial charge >= 0.3 is 0 Å². The fourth-order valence-corrected chi connectivity index (χ4v) is 3.09. The van der Waals surface area contributed by atoms with Gasteiger partial charge in [0.25, 0.3) is 5.69 Å². The van der Waals surface area contributed by atoms with Crippen molar-refractivity contribution < 1.29 is 9.72 Å². The number of nitro benzene ring substituents is 1. The number of hydrogen-bond donors (Lipinski definition) is 0. The summed E-state index contributed by atoms with van der Waals surface area (Å²) in [5, 5.41) is 29.7. The van der Waals surface area contributed by atoms with E-state index in [0.29, 0.717) is 11.1 Å². The molecule has 1 aliphatic rings. The molecule has 0 spiro atoms. The number of non-ortho nitro benzene ring substituents is 1. The minimum Gasteiger partial charge on any atom is -0.294 e. The second-order valence-corrected chi connectivity index (χ2v) is 5.63. The number of carbonyl (C=O) groups excluding carboxylic acids is 1. The molecule has 0 N–H and O–H groups in total. The molecule has 0 heterocycles. The third-order valence-electron chi connectivity index (χ3n) is 4.38. The van der Waals surface area contributed by atoms with Crippen molar-refractivity contribution in [2.24, 2.45) is 11.3 Å². The Morgan fingerprint density at radius 3 is 2.12 bits per heavy atom. The van der Waals surface area contributed by atoms with Gasteiger partial charge in [0.2, 0.25) is 0 Å². The molecule has 0 bridgehead atoms. The Morgan fingerprint density at radius 1 is 1.04 bits per heavy atom. The van der Waals surface area contributed by atoms with Crippen LogP contribution < -0.4 is 0 Å². The first kappa shape index (κ1) is 15.4. The largest absolute Gasteiger partial charge is 0.294 e. The molecule has 0 aromatic heterocycles. The minimum absolute atomic E-state index is 0.0788. The van der Waals surface area contributed by atoms with Crippen molar-refractivity contribution in [2.75, 3.05) is 0 Å². The van der Waals surface area contributed by atoms with Crippen LogP contribution in [0, 0.1) is 44.1 Å². The number of nitrogens with zero attached hydrogens (tertiary/aromatic N) is 3. The molecule has 0 unspecified atom stereocenters. The minimum atomic E-state index is -1.43. The summed E-state index contributed by atoms with van der Waals surface area (Å²) in [6.45, 7) is 0. The summed E-state index contributed by atoms with van der Waals surface area (Å²) in [6, 6.07) is 18.1. The average Bonchev–Trinajstić information content (AvgIpc) is 3.31. The van der Waals surface area contributed by atoms with Gasteiger partial charge in [0.05, 0.1) is 23.0 Å². The summed E-state index contributed by atoms with van der Waals surface area (Å²) < 4.78 is 0.